The minimum absolute atomic E-state index is 0.0611. The van der Waals surface area contributed by atoms with Crippen LogP contribution in [0, 0.1) is 13.8 Å². The highest BCUT2D eigenvalue weighted by Gasteiger charge is 2.21. The van der Waals surface area contributed by atoms with E-state index in [1.54, 1.807) is 48.5 Å². The molecule has 0 aromatic heterocycles. The predicted molar refractivity (Wildman–Crippen MR) is 133 cm³/mol. The summed E-state index contributed by atoms with van der Waals surface area (Å²) in [6, 6.07) is 21.1. The van der Waals surface area contributed by atoms with Crippen molar-refractivity contribution >= 4 is 53.8 Å². The number of sulfonamides is 2. The molecule has 6 nitrogen and oxygen atoms in total. The zero-order valence-corrected chi connectivity index (χ0v) is 20.2. The Labute approximate surface area is 198 Å². The molecule has 0 aliphatic heterocycles. The Morgan fingerprint density at radius 3 is 1.61 bits per heavy atom. The Kier molecular flexibility index (Phi) is 6.09. The minimum Gasteiger partial charge on any atom is -0.279 e. The zero-order chi connectivity index (χ0) is 23.8. The molecular formula is C24H21ClN2O4S2. The van der Waals surface area contributed by atoms with E-state index >= 15 is 0 Å². The molecule has 0 aliphatic carbocycles. The summed E-state index contributed by atoms with van der Waals surface area (Å²) in [5.74, 6) is 0. The maximum Gasteiger partial charge on any atom is 0.261 e. The van der Waals surface area contributed by atoms with Gasteiger partial charge in [-0.2, -0.15) is 0 Å². The van der Waals surface area contributed by atoms with Crippen molar-refractivity contribution in [2.45, 2.75) is 23.6 Å². The van der Waals surface area contributed by atoms with Crippen molar-refractivity contribution in [3.8, 4) is 0 Å². The number of hydrogen-bond donors (Lipinski definition) is 2. The Hall–Kier alpha value is -3.07. The van der Waals surface area contributed by atoms with Crippen molar-refractivity contribution in [1.82, 2.24) is 0 Å². The van der Waals surface area contributed by atoms with Crippen LogP contribution in [0.4, 0.5) is 11.4 Å². The highest BCUT2D eigenvalue weighted by atomic mass is 35.5. The maximum atomic E-state index is 13.0. The van der Waals surface area contributed by atoms with Gasteiger partial charge in [-0.3, -0.25) is 9.44 Å². The van der Waals surface area contributed by atoms with E-state index in [2.05, 4.69) is 9.44 Å². The summed E-state index contributed by atoms with van der Waals surface area (Å²) in [6.45, 7) is 3.73. The molecule has 4 aromatic rings. The van der Waals surface area contributed by atoms with Crippen molar-refractivity contribution in [1.29, 1.82) is 0 Å². The lowest BCUT2D eigenvalue weighted by atomic mass is 10.1. The molecule has 0 heterocycles. The standard InChI is InChI=1S/C24H21ClN2O4S2/c1-16-7-11-18(12-8-16)32(28,29)26-23-15-22(25)24(21-6-4-3-5-20(21)23)27-33(30,31)19-13-9-17(2)10-14-19/h3-15,26-27H,1-2H3. The number of rotatable bonds is 6. The molecule has 0 spiro atoms. The van der Waals surface area contributed by atoms with Crippen molar-refractivity contribution in [2.75, 3.05) is 9.44 Å². The fourth-order valence-electron chi connectivity index (χ4n) is 3.36. The van der Waals surface area contributed by atoms with Crippen LogP contribution in [0.5, 0.6) is 0 Å². The summed E-state index contributed by atoms with van der Waals surface area (Å²) < 4.78 is 56.9. The lowest BCUT2D eigenvalue weighted by Gasteiger charge is -2.17. The van der Waals surface area contributed by atoms with Gasteiger partial charge in [-0.1, -0.05) is 71.3 Å². The van der Waals surface area contributed by atoms with Gasteiger partial charge in [0.2, 0.25) is 0 Å². The molecule has 2 N–H and O–H groups in total. The highest BCUT2D eigenvalue weighted by molar-refractivity contribution is 7.93. The quantitative estimate of drug-likeness (QED) is 0.354. The number of benzene rings is 4. The molecule has 0 saturated carbocycles. The Morgan fingerprint density at radius 1 is 0.636 bits per heavy atom. The van der Waals surface area contributed by atoms with Gasteiger partial charge in [0.15, 0.2) is 0 Å². The first-order valence-electron chi connectivity index (χ1n) is 9.97. The minimum atomic E-state index is -3.91. The second-order valence-electron chi connectivity index (χ2n) is 7.66. The Balaban J connectivity index is 1.77. The van der Waals surface area contributed by atoms with E-state index in [0.29, 0.717) is 10.8 Å². The third kappa shape index (κ3) is 4.83. The summed E-state index contributed by atoms with van der Waals surface area (Å²) in [4.78, 5) is 0.204. The Bertz CT molecular complexity index is 1550. The predicted octanol–water partition coefficient (Wildman–Crippen LogP) is 5.71. The van der Waals surface area contributed by atoms with Crippen LogP contribution in [-0.2, 0) is 20.0 Å². The fraction of sp³-hybridized carbons (Fsp3) is 0.0833. The second-order valence-corrected chi connectivity index (χ2v) is 11.4. The van der Waals surface area contributed by atoms with Crippen LogP contribution in [0.15, 0.2) is 88.7 Å². The zero-order valence-electron chi connectivity index (χ0n) is 17.8. The van der Waals surface area contributed by atoms with Gasteiger partial charge in [0.25, 0.3) is 20.0 Å². The third-order valence-electron chi connectivity index (χ3n) is 5.14. The van der Waals surface area contributed by atoms with Crippen LogP contribution in [0.1, 0.15) is 11.1 Å². The molecule has 4 aromatic carbocycles. The molecule has 33 heavy (non-hydrogen) atoms. The number of aryl methyl sites for hydroxylation is 2. The molecule has 0 fully saturated rings. The van der Waals surface area contributed by atoms with Gasteiger partial charge in [-0.25, -0.2) is 16.8 Å². The van der Waals surface area contributed by atoms with Crippen molar-refractivity contribution in [2.24, 2.45) is 0 Å². The van der Waals surface area contributed by atoms with Gasteiger partial charge in [0.1, 0.15) is 0 Å². The molecule has 4 rings (SSSR count). The number of anilines is 2. The largest absolute Gasteiger partial charge is 0.279 e. The first kappa shape index (κ1) is 23.1. The van der Waals surface area contributed by atoms with Crippen molar-refractivity contribution in [3.05, 3.63) is 95.0 Å². The summed E-state index contributed by atoms with van der Waals surface area (Å²) in [5, 5.41) is 1.02. The van der Waals surface area contributed by atoms with E-state index in [1.165, 1.54) is 30.3 Å². The van der Waals surface area contributed by atoms with Crippen LogP contribution >= 0.6 is 11.6 Å². The van der Waals surface area contributed by atoms with E-state index in [-0.39, 0.29) is 26.2 Å². The van der Waals surface area contributed by atoms with E-state index in [4.69, 9.17) is 11.6 Å². The van der Waals surface area contributed by atoms with Crippen LogP contribution in [-0.4, -0.2) is 16.8 Å². The van der Waals surface area contributed by atoms with Crippen LogP contribution < -0.4 is 9.44 Å². The Morgan fingerprint density at radius 2 is 1.09 bits per heavy atom. The topological polar surface area (TPSA) is 92.3 Å². The molecule has 0 atom stereocenters. The third-order valence-corrected chi connectivity index (χ3v) is 8.18. The smallest absolute Gasteiger partial charge is 0.261 e. The lowest BCUT2D eigenvalue weighted by Crippen LogP contribution is -2.15. The van der Waals surface area contributed by atoms with E-state index in [9.17, 15) is 16.8 Å². The summed E-state index contributed by atoms with van der Waals surface area (Å²) in [7, 11) is -7.79. The molecule has 0 unspecified atom stereocenters. The van der Waals surface area contributed by atoms with Gasteiger partial charge in [0, 0.05) is 10.8 Å². The molecule has 170 valence electrons. The molecule has 0 bridgehead atoms. The number of halogens is 1. The van der Waals surface area contributed by atoms with Crippen molar-refractivity contribution < 1.29 is 16.8 Å². The fourth-order valence-corrected chi connectivity index (χ4v) is 5.85. The molecular weight excluding hydrogens is 480 g/mol. The molecule has 0 aliphatic rings. The van der Waals surface area contributed by atoms with Gasteiger partial charge < -0.3 is 0 Å². The first-order chi connectivity index (χ1) is 15.6. The van der Waals surface area contributed by atoms with Gasteiger partial charge >= 0.3 is 0 Å². The SMILES string of the molecule is Cc1ccc(S(=O)(=O)Nc2cc(Cl)c(NS(=O)(=O)c3ccc(C)cc3)c3ccccc23)cc1. The lowest BCUT2D eigenvalue weighted by molar-refractivity contribution is 0.599. The monoisotopic (exact) mass is 500 g/mol. The molecule has 9 heteroatoms. The summed E-state index contributed by atoms with van der Waals surface area (Å²) in [5.41, 5.74) is 2.29. The summed E-state index contributed by atoms with van der Waals surface area (Å²) in [6.07, 6.45) is 0. The van der Waals surface area contributed by atoms with E-state index in [1.807, 2.05) is 13.8 Å². The van der Waals surface area contributed by atoms with Gasteiger partial charge in [-0.05, 0) is 44.2 Å². The highest BCUT2D eigenvalue weighted by Crippen LogP contribution is 2.38. The molecule has 0 saturated heterocycles. The van der Waals surface area contributed by atoms with Gasteiger partial charge in [-0.15, -0.1) is 0 Å². The van der Waals surface area contributed by atoms with Crippen LogP contribution in [0.3, 0.4) is 0 Å². The first-order valence-corrected chi connectivity index (χ1v) is 13.3. The van der Waals surface area contributed by atoms with Crippen LogP contribution in [0.2, 0.25) is 5.02 Å². The molecule has 0 radical (unpaired) electrons. The maximum absolute atomic E-state index is 13.0. The van der Waals surface area contributed by atoms with E-state index in [0.717, 1.165) is 11.1 Å². The normalized spacial score (nSPS) is 12.0. The van der Waals surface area contributed by atoms with Crippen molar-refractivity contribution in [3.63, 3.8) is 0 Å². The number of hydrogen-bond acceptors (Lipinski definition) is 4. The van der Waals surface area contributed by atoms with Crippen LogP contribution in [0.25, 0.3) is 10.8 Å². The number of fused-ring (bicyclic) bond motifs is 1. The van der Waals surface area contributed by atoms with E-state index < -0.39 is 20.0 Å². The second kappa shape index (κ2) is 8.70. The van der Waals surface area contributed by atoms with Gasteiger partial charge in [0.05, 0.1) is 26.2 Å². The molecule has 0 amide bonds. The average Bonchev–Trinajstić information content (AvgIpc) is 2.77. The average molecular weight is 501 g/mol. The summed E-state index contributed by atoms with van der Waals surface area (Å²) >= 11 is 6.46. The number of nitrogens with one attached hydrogen (secondary N) is 2.